The molecule has 0 radical (unpaired) electrons. The second-order valence-electron chi connectivity index (χ2n) is 6.50. The van der Waals surface area contributed by atoms with Gasteiger partial charge in [-0.3, -0.25) is 4.40 Å². The third-order valence-electron chi connectivity index (χ3n) is 4.78. The number of aromatic nitrogens is 4. The molecule has 0 N–H and O–H groups in total. The minimum absolute atomic E-state index is 0.556. The molecule has 0 spiro atoms. The quantitative estimate of drug-likeness (QED) is 0.458. The van der Waals surface area contributed by atoms with Gasteiger partial charge in [0.05, 0.1) is 28.0 Å². The summed E-state index contributed by atoms with van der Waals surface area (Å²) < 4.78 is 3.98. The molecule has 0 saturated heterocycles. The van der Waals surface area contributed by atoms with Gasteiger partial charge in [0.25, 0.3) is 0 Å². The molecule has 124 valence electrons. The number of fused-ring (bicyclic) bond motifs is 5. The third-order valence-corrected chi connectivity index (χ3v) is 4.78. The molecule has 5 nitrogen and oxygen atoms in total. The van der Waals surface area contributed by atoms with Crippen molar-refractivity contribution >= 4 is 27.7 Å². The molecule has 0 unspecified atom stereocenters. The first-order valence-electron chi connectivity index (χ1n) is 8.44. The van der Waals surface area contributed by atoms with Gasteiger partial charge >= 0.3 is 0 Å². The van der Waals surface area contributed by atoms with Crippen LogP contribution in [0.2, 0.25) is 0 Å². The fourth-order valence-electron chi connectivity index (χ4n) is 3.49. The van der Waals surface area contributed by atoms with Gasteiger partial charge in [0.2, 0.25) is 0 Å². The number of hydrogen-bond acceptors (Lipinski definition) is 3. The van der Waals surface area contributed by atoms with Gasteiger partial charge in [0, 0.05) is 5.39 Å². The lowest BCUT2D eigenvalue weighted by Gasteiger charge is -2.07. The standard InChI is InChI=1S/C21H15N5/c1-13-7-9-16(10-8-13)26-21-17(14(2)24-26)11-15(12-22)20-23-18-5-3-4-6-19(18)25(20)21/h3-11H,1-2H3. The maximum absolute atomic E-state index is 9.63. The van der Waals surface area contributed by atoms with Crippen molar-refractivity contribution in [2.45, 2.75) is 13.8 Å². The van der Waals surface area contributed by atoms with E-state index >= 15 is 0 Å². The SMILES string of the molecule is Cc1ccc(-n2nc(C)c3cc(C#N)c4nc5ccccc5n4c32)cc1. The Morgan fingerprint density at radius 2 is 1.77 bits per heavy atom. The van der Waals surface area contributed by atoms with Gasteiger partial charge in [0.1, 0.15) is 11.7 Å². The van der Waals surface area contributed by atoms with Crippen LogP contribution in [0.25, 0.3) is 33.4 Å². The summed E-state index contributed by atoms with van der Waals surface area (Å²) in [5.74, 6) is 0. The van der Waals surface area contributed by atoms with E-state index in [0.717, 1.165) is 33.4 Å². The fraction of sp³-hybridized carbons (Fsp3) is 0.0952. The van der Waals surface area contributed by atoms with E-state index in [4.69, 9.17) is 10.1 Å². The van der Waals surface area contributed by atoms with Gasteiger partial charge in [-0.05, 0) is 44.2 Å². The van der Waals surface area contributed by atoms with E-state index in [9.17, 15) is 5.26 Å². The molecule has 0 aliphatic carbocycles. The number of benzene rings is 2. The summed E-state index contributed by atoms with van der Waals surface area (Å²) in [7, 11) is 0. The highest BCUT2D eigenvalue weighted by atomic mass is 15.3. The van der Waals surface area contributed by atoms with Crippen LogP contribution in [0.5, 0.6) is 0 Å². The van der Waals surface area contributed by atoms with E-state index in [-0.39, 0.29) is 0 Å². The number of imidazole rings is 1. The zero-order valence-electron chi connectivity index (χ0n) is 14.4. The lowest BCUT2D eigenvalue weighted by atomic mass is 10.2. The highest BCUT2D eigenvalue weighted by molar-refractivity contribution is 5.93. The molecule has 3 aromatic heterocycles. The number of nitriles is 1. The molecular weight excluding hydrogens is 322 g/mol. The summed E-state index contributed by atoms with van der Waals surface area (Å²) in [5, 5.41) is 15.4. The van der Waals surface area contributed by atoms with Crippen molar-refractivity contribution < 1.29 is 0 Å². The Balaban J connectivity index is 2.03. The molecule has 5 rings (SSSR count). The van der Waals surface area contributed by atoms with Crippen LogP contribution >= 0.6 is 0 Å². The Hall–Kier alpha value is -3.65. The Labute approximate surface area is 149 Å². The molecule has 0 amide bonds. The topological polar surface area (TPSA) is 58.9 Å². The van der Waals surface area contributed by atoms with Gasteiger partial charge in [-0.25, -0.2) is 9.67 Å². The Morgan fingerprint density at radius 1 is 1.00 bits per heavy atom. The van der Waals surface area contributed by atoms with E-state index in [1.165, 1.54) is 5.56 Å². The first-order chi connectivity index (χ1) is 12.7. The van der Waals surface area contributed by atoms with E-state index in [2.05, 4.69) is 37.3 Å². The predicted molar refractivity (Wildman–Crippen MR) is 102 cm³/mol. The van der Waals surface area contributed by atoms with Crippen LogP contribution in [0.3, 0.4) is 0 Å². The van der Waals surface area contributed by atoms with Crippen molar-refractivity contribution in [1.82, 2.24) is 19.2 Å². The molecule has 26 heavy (non-hydrogen) atoms. The van der Waals surface area contributed by atoms with Crippen molar-refractivity contribution in [3.63, 3.8) is 0 Å². The molecule has 5 aromatic rings. The molecule has 5 heteroatoms. The summed E-state index contributed by atoms with van der Waals surface area (Å²) in [4.78, 5) is 4.69. The average Bonchev–Trinajstić information content (AvgIpc) is 3.20. The second kappa shape index (κ2) is 5.17. The van der Waals surface area contributed by atoms with Crippen LogP contribution in [0.15, 0.2) is 54.6 Å². The van der Waals surface area contributed by atoms with E-state index in [1.807, 2.05) is 46.3 Å². The maximum atomic E-state index is 9.63. The van der Waals surface area contributed by atoms with E-state index in [1.54, 1.807) is 0 Å². The second-order valence-corrected chi connectivity index (χ2v) is 6.50. The molecular formula is C21H15N5. The van der Waals surface area contributed by atoms with Crippen LogP contribution in [0.1, 0.15) is 16.8 Å². The Bertz CT molecular complexity index is 1350. The number of rotatable bonds is 1. The Kier molecular flexibility index (Phi) is 2.92. The third kappa shape index (κ3) is 1.90. The van der Waals surface area contributed by atoms with Crippen LogP contribution < -0.4 is 0 Å². The lowest BCUT2D eigenvalue weighted by molar-refractivity contribution is 0.872. The summed E-state index contributed by atoms with van der Waals surface area (Å²) in [6.07, 6.45) is 0. The van der Waals surface area contributed by atoms with Gasteiger partial charge in [0.15, 0.2) is 5.65 Å². The average molecular weight is 337 g/mol. The van der Waals surface area contributed by atoms with Gasteiger partial charge in [-0.15, -0.1) is 0 Å². The number of para-hydroxylation sites is 2. The molecule has 0 fully saturated rings. The van der Waals surface area contributed by atoms with Gasteiger partial charge in [-0.1, -0.05) is 29.8 Å². The fourth-order valence-corrected chi connectivity index (χ4v) is 3.49. The minimum Gasteiger partial charge on any atom is -0.275 e. The normalized spacial score (nSPS) is 11.4. The highest BCUT2D eigenvalue weighted by Gasteiger charge is 2.18. The molecule has 3 heterocycles. The zero-order valence-corrected chi connectivity index (χ0v) is 14.4. The van der Waals surface area contributed by atoms with Crippen molar-refractivity contribution in [2.24, 2.45) is 0 Å². The van der Waals surface area contributed by atoms with Crippen LogP contribution in [-0.4, -0.2) is 19.2 Å². The first-order valence-corrected chi connectivity index (χ1v) is 8.44. The molecule has 0 aliphatic rings. The highest BCUT2D eigenvalue weighted by Crippen LogP contribution is 2.29. The van der Waals surface area contributed by atoms with Gasteiger partial charge in [-0.2, -0.15) is 10.4 Å². The molecule has 0 bridgehead atoms. The predicted octanol–water partition coefficient (Wildman–Crippen LogP) is 4.31. The van der Waals surface area contributed by atoms with Crippen LogP contribution in [0.4, 0.5) is 0 Å². The number of nitrogens with zero attached hydrogens (tertiary/aromatic N) is 5. The van der Waals surface area contributed by atoms with Crippen molar-refractivity contribution in [3.05, 3.63) is 71.4 Å². The molecule has 2 aromatic carbocycles. The summed E-state index contributed by atoms with van der Waals surface area (Å²) in [6.45, 7) is 4.04. The monoisotopic (exact) mass is 337 g/mol. The van der Waals surface area contributed by atoms with E-state index < -0.39 is 0 Å². The smallest absolute Gasteiger partial charge is 0.157 e. The largest absolute Gasteiger partial charge is 0.275 e. The number of hydrogen-bond donors (Lipinski definition) is 0. The van der Waals surface area contributed by atoms with Crippen molar-refractivity contribution in [2.75, 3.05) is 0 Å². The Morgan fingerprint density at radius 3 is 2.54 bits per heavy atom. The first kappa shape index (κ1) is 14.7. The van der Waals surface area contributed by atoms with E-state index in [0.29, 0.717) is 11.2 Å². The molecule has 0 saturated carbocycles. The van der Waals surface area contributed by atoms with Crippen molar-refractivity contribution in [3.8, 4) is 11.8 Å². The number of pyridine rings is 1. The summed E-state index contributed by atoms with van der Waals surface area (Å²) in [6, 6.07) is 20.4. The molecule has 0 atom stereocenters. The lowest BCUT2D eigenvalue weighted by Crippen LogP contribution is -2.01. The summed E-state index contributed by atoms with van der Waals surface area (Å²) >= 11 is 0. The maximum Gasteiger partial charge on any atom is 0.157 e. The minimum atomic E-state index is 0.556. The van der Waals surface area contributed by atoms with Gasteiger partial charge < -0.3 is 0 Å². The van der Waals surface area contributed by atoms with Crippen LogP contribution in [0, 0.1) is 25.2 Å². The molecule has 0 aliphatic heterocycles. The van der Waals surface area contributed by atoms with Crippen LogP contribution in [-0.2, 0) is 0 Å². The van der Waals surface area contributed by atoms with Crippen molar-refractivity contribution in [1.29, 1.82) is 5.26 Å². The number of aryl methyl sites for hydroxylation is 2. The summed E-state index contributed by atoms with van der Waals surface area (Å²) in [5.41, 5.74) is 7.05. The zero-order chi connectivity index (χ0) is 17.8.